The van der Waals surface area contributed by atoms with Gasteiger partial charge in [-0.05, 0) is 6.92 Å². The van der Waals surface area contributed by atoms with Gasteiger partial charge in [0.25, 0.3) is 0 Å². The summed E-state index contributed by atoms with van der Waals surface area (Å²) in [7, 11) is 3.00. The predicted octanol–water partition coefficient (Wildman–Crippen LogP) is 3.02. The summed E-state index contributed by atoms with van der Waals surface area (Å²) in [4.78, 5) is 0. The van der Waals surface area contributed by atoms with Gasteiger partial charge in [-0.2, -0.15) is 5.26 Å². The number of ether oxygens (including phenoxy) is 3. The lowest BCUT2D eigenvalue weighted by molar-refractivity contribution is 0.333. The summed E-state index contributed by atoms with van der Waals surface area (Å²) in [6.45, 7) is 5.52. The Morgan fingerprint density at radius 1 is 1.39 bits per heavy atom. The van der Waals surface area contributed by atoms with Crippen molar-refractivity contribution in [3.05, 3.63) is 28.8 Å². The first kappa shape index (κ1) is 14.2. The third kappa shape index (κ3) is 2.88. The molecule has 5 heteroatoms. The molecule has 1 rings (SSSR count). The highest BCUT2D eigenvalue weighted by Gasteiger charge is 2.18. The van der Waals surface area contributed by atoms with Gasteiger partial charge >= 0.3 is 0 Å². The number of nitriles is 1. The van der Waals surface area contributed by atoms with E-state index in [0.29, 0.717) is 27.8 Å². The zero-order valence-electron chi connectivity index (χ0n) is 10.5. The van der Waals surface area contributed by atoms with Crippen molar-refractivity contribution in [3.8, 4) is 23.3 Å². The molecular weight excluding hydrogens is 254 g/mol. The lowest BCUT2D eigenvalue weighted by Gasteiger charge is -2.16. The standard InChI is InChI=1S/C13H14ClNO3/c1-8(14)7-18-11-5-10(6-15)13(17-4)12(16-3)9(11)2/h5H,1,7H2,2-4H3. The van der Waals surface area contributed by atoms with Crippen molar-refractivity contribution in [2.24, 2.45) is 0 Å². The predicted molar refractivity (Wildman–Crippen MR) is 69.5 cm³/mol. The van der Waals surface area contributed by atoms with Crippen LogP contribution in [-0.2, 0) is 0 Å². The molecule has 0 saturated carbocycles. The molecule has 0 N–H and O–H groups in total. The smallest absolute Gasteiger partial charge is 0.179 e. The van der Waals surface area contributed by atoms with Gasteiger partial charge in [-0.25, -0.2) is 0 Å². The zero-order valence-corrected chi connectivity index (χ0v) is 11.3. The molecule has 96 valence electrons. The number of hydrogen-bond acceptors (Lipinski definition) is 4. The molecule has 0 aliphatic carbocycles. The highest BCUT2D eigenvalue weighted by molar-refractivity contribution is 6.29. The number of hydrogen-bond donors (Lipinski definition) is 0. The molecule has 4 nitrogen and oxygen atoms in total. The summed E-state index contributed by atoms with van der Waals surface area (Å²) >= 11 is 5.65. The van der Waals surface area contributed by atoms with Crippen LogP contribution >= 0.6 is 11.6 Å². The Bertz CT molecular complexity index is 506. The minimum Gasteiger partial charge on any atom is -0.492 e. The largest absolute Gasteiger partial charge is 0.492 e. The molecule has 0 aromatic heterocycles. The Labute approximate surface area is 111 Å². The van der Waals surface area contributed by atoms with Crippen LogP contribution in [0.15, 0.2) is 17.7 Å². The van der Waals surface area contributed by atoms with Crippen LogP contribution in [0.5, 0.6) is 17.2 Å². The number of benzene rings is 1. The summed E-state index contributed by atoms with van der Waals surface area (Å²) in [5.74, 6) is 1.40. The summed E-state index contributed by atoms with van der Waals surface area (Å²) < 4.78 is 15.9. The monoisotopic (exact) mass is 267 g/mol. The molecule has 0 radical (unpaired) electrons. The second kappa shape index (κ2) is 6.18. The normalized spacial score (nSPS) is 9.50. The number of methoxy groups -OCH3 is 2. The van der Waals surface area contributed by atoms with E-state index < -0.39 is 0 Å². The van der Waals surface area contributed by atoms with Gasteiger partial charge in [-0.15, -0.1) is 0 Å². The van der Waals surface area contributed by atoms with Gasteiger partial charge in [0.1, 0.15) is 24.0 Å². The molecular formula is C13H14ClNO3. The van der Waals surface area contributed by atoms with Crippen molar-refractivity contribution in [1.29, 1.82) is 5.26 Å². The Balaban J connectivity index is 3.29. The third-order valence-electron chi connectivity index (χ3n) is 2.35. The minimum atomic E-state index is 0.169. The lowest BCUT2D eigenvalue weighted by atomic mass is 10.1. The Morgan fingerprint density at radius 2 is 2.00 bits per heavy atom. The maximum absolute atomic E-state index is 9.08. The van der Waals surface area contributed by atoms with E-state index in [2.05, 4.69) is 6.58 Å². The second-order valence-electron chi connectivity index (χ2n) is 3.53. The van der Waals surface area contributed by atoms with E-state index in [4.69, 9.17) is 31.1 Å². The van der Waals surface area contributed by atoms with E-state index in [-0.39, 0.29) is 6.61 Å². The number of halogens is 1. The molecule has 0 saturated heterocycles. The Kier molecular flexibility index (Phi) is 4.87. The molecule has 0 aliphatic rings. The molecule has 18 heavy (non-hydrogen) atoms. The third-order valence-corrected chi connectivity index (χ3v) is 2.46. The van der Waals surface area contributed by atoms with Crippen molar-refractivity contribution < 1.29 is 14.2 Å². The molecule has 1 aromatic carbocycles. The topological polar surface area (TPSA) is 51.5 Å². The average Bonchev–Trinajstić information content (AvgIpc) is 2.36. The van der Waals surface area contributed by atoms with E-state index in [1.54, 1.807) is 6.07 Å². The highest BCUT2D eigenvalue weighted by atomic mass is 35.5. The van der Waals surface area contributed by atoms with Crippen LogP contribution in [0.1, 0.15) is 11.1 Å². The van der Waals surface area contributed by atoms with Crippen LogP contribution in [0.25, 0.3) is 0 Å². The molecule has 1 aromatic rings. The van der Waals surface area contributed by atoms with Crippen LogP contribution < -0.4 is 14.2 Å². The molecule has 0 fully saturated rings. The van der Waals surface area contributed by atoms with E-state index in [1.165, 1.54) is 14.2 Å². The summed E-state index contributed by atoms with van der Waals surface area (Å²) in [5.41, 5.74) is 1.08. The average molecular weight is 268 g/mol. The first-order valence-corrected chi connectivity index (χ1v) is 5.54. The number of rotatable bonds is 5. The van der Waals surface area contributed by atoms with E-state index in [0.717, 1.165) is 5.56 Å². The van der Waals surface area contributed by atoms with Crippen LogP contribution in [0, 0.1) is 18.3 Å². The summed E-state index contributed by atoms with van der Waals surface area (Å²) in [6.07, 6.45) is 0. The van der Waals surface area contributed by atoms with Crippen molar-refractivity contribution in [1.82, 2.24) is 0 Å². The highest BCUT2D eigenvalue weighted by Crippen LogP contribution is 2.39. The van der Waals surface area contributed by atoms with Crippen molar-refractivity contribution in [2.75, 3.05) is 20.8 Å². The van der Waals surface area contributed by atoms with Crippen LogP contribution in [-0.4, -0.2) is 20.8 Å². The maximum Gasteiger partial charge on any atom is 0.179 e. The van der Waals surface area contributed by atoms with Crippen LogP contribution in [0.3, 0.4) is 0 Å². The van der Waals surface area contributed by atoms with Gasteiger partial charge in [0.15, 0.2) is 11.5 Å². The first-order chi connectivity index (χ1) is 8.54. The molecule has 0 bridgehead atoms. The van der Waals surface area contributed by atoms with Gasteiger partial charge in [0, 0.05) is 16.7 Å². The van der Waals surface area contributed by atoms with Gasteiger partial charge in [0.2, 0.25) is 0 Å². The molecule has 0 unspecified atom stereocenters. The Morgan fingerprint density at radius 3 is 2.44 bits per heavy atom. The minimum absolute atomic E-state index is 0.169. The quantitative estimate of drug-likeness (QED) is 0.823. The maximum atomic E-state index is 9.08. The molecule has 0 atom stereocenters. The van der Waals surface area contributed by atoms with Crippen molar-refractivity contribution in [2.45, 2.75) is 6.92 Å². The van der Waals surface area contributed by atoms with E-state index in [9.17, 15) is 0 Å². The molecule has 0 amide bonds. The van der Waals surface area contributed by atoms with E-state index in [1.807, 2.05) is 13.0 Å². The first-order valence-electron chi connectivity index (χ1n) is 5.16. The fraction of sp³-hybridized carbons (Fsp3) is 0.308. The van der Waals surface area contributed by atoms with Gasteiger partial charge in [0.05, 0.1) is 14.2 Å². The fourth-order valence-corrected chi connectivity index (χ4v) is 1.60. The fourth-order valence-electron chi connectivity index (χ4n) is 1.55. The summed E-state index contributed by atoms with van der Waals surface area (Å²) in [5, 5.41) is 9.46. The lowest BCUT2D eigenvalue weighted by Crippen LogP contribution is -2.02. The number of nitrogens with zero attached hydrogens (tertiary/aromatic N) is 1. The summed E-state index contributed by atoms with van der Waals surface area (Å²) in [6, 6.07) is 3.63. The molecule has 0 spiro atoms. The molecule has 0 aliphatic heterocycles. The van der Waals surface area contributed by atoms with Crippen LogP contribution in [0.2, 0.25) is 0 Å². The van der Waals surface area contributed by atoms with Gasteiger partial charge < -0.3 is 14.2 Å². The van der Waals surface area contributed by atoms with Crippen molar-refractivity contribution in [3.63, 3.8) is 0 Å². The molecule has 0 heterocycles. The second-order valence-corrected chi connectivity index (χ2v) is 4.07. The zero-order chi connectivity index (χ0) is 13.7. The SMILES string of the molecule is C=C(Cl)COc1cc(C#N)c(OC)c(OC)c1C. The van der Waals surface area contributed by atoms with Gasteiger partial charge in [-0.1, -0.05) is 18.2 Å². The van der Waals surface area contributed by atoms with E-state index >= 15 is 0 Å². The Hall–Kier alpha value is -1.86. The van der Waals surface area contributed by atoms with Crippen molar-refractivity contribution >= 4 is 11.6 Å². The van der Waals surface area contributed by atoms with Gasteiger partial charge in [-0.3, -0.25) is 0 Å². The van der Waals surface area contributed by atoms with Crippen LogP contribution in [0.4, 0.5) is 0 Å².